The van der Waals surface area contributed by atoms with E-state index in [0.717, 1.165) is 0 Å². The number of rotatable bonds is 4. The average Bonchev–Trinajstić information content (AvgIpc) is 2.58. The molecule has 0 aliphatic carbocycles. The van der Waals surface area contributed by atoms with Gasteiger partial charge in [-0.2, -0.15) is 0 Å². The lowest BCUT2D eigenvalue weighted by Gasteiger charge is -2.49. The second kappa shape index (κ2) is 8.20. The summed E-state index contributed by atoms with van der Waals surface area (Å²) in [5, 5.41) is 61.3. The van der Waals surface area contributed by atoms with E-state index in [1.165, 1.54) is 6.92 Å². The maximum absolute atomic E-state index is 11.4. The minimum absolute atomic E-state index is 0.125. The highest BCUT2D eigenvalue weighted by atomic mass is 16.6. The molecule has 2 heterocycles. The summed E-state index contributed by atoms with van der Waals surface area (Å²) in [4.78, 5) is 11.4. The van der Waals surface area contributed by atoms with Crippen molar-refractivity contribution in [3.63, 3.8) is 0 Å². The van der Waals surface area contributed by atoms with Gasteiger partial charge in [-0.15, -0.1) is 0 Å². The second-order valence-electron chi connectivity index (χ2n) is 6.23. The van der Waals surface area contributed by atoms with Gasteiger partial charge >= 0.3 is 0 Å². The van der Waals surface area contributed by atoms with Crippen LogP contribution in [-0.2, 0) is 14.3 Å². The first-order valence-electron chi connectivity index (χ1n) is 7.88. The third kappa shape index (κ3) is 3.94. The Morgan fingerprint density at radius 3 is 2.12 bits per heavy atom. The van der Waals surface area contributed by atoms with Gasteiger partial charge in [-0.1, -0.05) is 0 Å². The largest absolute Gasteiger partial charge is 0.394 e. The van der Waals surface area contributed by atoms with E-state index in [1.807, 2.05) is 0 Å². The first-order valence-corrected chi connectivity index (χ1v) is 7.88. The summed E-state index contributed by atoms with van der Waals surface area (Å²) in [5.74, 6) is -0.531. The van der Waals surface area contributed by atoms with Crippen molar-refractivity contribution in [1.82, 2.24) is 5.32 Å². The van der Waals surface area contributed by atoms with Gasteiger partial charge in [-0.25, -0.2) is 0 Å². The topological polar surface area (TPSA) is 195 Å². The zero-order valence-electron chi connectivity index (χ0n) is 13.6. The van der Waals surface area contributed by atoms with Crippen molar-refractivity contribution in [2.24, 2.45) is 5.73 Å². The van der Waals surface area contributed by atoms with Crippen LogP contribution in [-0.4, -0.2) is 105 Å². The van der Waals surface area contributed by atoms with Crippen LogP contribution in [0.25, 0.3) is 0 Å². The van der Waals surface area contributed by atoms with Crippen molar-refractivity contribution < 1.29 is 44.9 Å². The van der Waals surface area contributed by atoms with Crippen molar-refractivity contribution in [2.75, 3.05) is 13.2 Å². The minimum Gasteiger partial charge on any atom is -0.394 e. The maximum Gasteiger partial charge on any atom is 0.217 e. The molecule has 25 heavy (non-hydrogen) atoms. The molecule has 0 aromatic rings. The van der Waals surface area contributed by atoms with Crippen LogP contribution in [0, 0.1) is 6.10 Å². The van der Waals surface area contributed by atoms with Crippen molar-refractivity contribution >= 4 is 5.91 Å². The van der Waals surface area contributed by atoms with Gasteiger partial charge in [-0.3, -0.25) is 4.79 Å². The quantitative estimate of drug-likeness (QED) is 0.239. The SMILES string of the molecule is CC(=O)N[C@H]1C([C]2O[C@H](CO)[C@@H](O)[C@H](O)[C@H]2N)O[C@H](CO)[C@@H](O)[C@@H]1O. The molecular formula is C14H25N2O9. The van der Waals surface area contributed by atoms with Crippen LogP contribution in [0.1, 0.15) is 6.92 Å². The van der Waals surface area contributed by atoms with Crippen LogP contribution < -0.4 is 11.1 Å². The van der Waals surface area contributed by atoms with Crippen LogP contribution in [0.15, 0.2) is 0 Å². The predicted molar refractivity (Wildman–Crippen MR) is 80.6 cm³/mol. The number of carbonyl (C=O) groups excluding carboxylic acids is 1. The molecular weight excluding hydrogens is 340 g/mol. The Labute approximate surface area is 144 Å². The third-order valence-corrected chi connectivity index (χ3v) is 4.47. The molecule has 9 atom stereocenters. The van der Waals surface area contributed by atoms with Crippen LogP contribution >= 0.6 is 0 Å². The summed E-state index contributed by atoms with van der Waals surface area (Å²) < 4.78 is 11.0. The van der Waals surface area contributed by atoms with Gasteiger partial charge in [0, 0.05) is 6.92 Å². The average molecular weight is 365 g/mol. The molecule has 0 aromatic heterocycles. The number of nitrogens with two attached hydrogens (primary N) is 1. The van der Waals surface area contributed by atoms with E-state index >= 15 is 0 Å². The van der Waals surface area contributed by atoms with Gasteiger partial charge in [-0.05, 0) is 0 Å². The molecule has 11 nitrogen and oxygen atoms in total. The molecule has 0 spiro atoms. The monoisotopic (exact) mass is 365 g/mol. The molecule has 0 bridgehead atoms. The van der Waals surface area contributed by atoms with Crippen LogP contribution in [0.3, 0.4) is 0 Å². The number of nitrogens with one attached hydrogen (secondary N) is 1. The van der Waals surface area contributed by atoms with Gasteiger partial charge in [0.1, 0.15) is 48.8 Å². The van der Waals surface area contributed by atoms with Gasteiger partial charge in [0.2, 0.25) is 5.91 Å². The number of aliphatic hydroxyl groups is 6. The van der Waals surface area contributed by atoms with E-state index in [0.29, 0.717) is 0 Å². The normalized spacial score (nSPS) is 46.0. The van der Waals surface area contributed by atoms with E-state index < -0.39 is 73.9 Å². The number of hydrogen-bond acceptors (Lipinski definition) is 10. The predicted octanol–water partition coefficient (Wildman–Crippen LogP) is -5.06. The Bertz CT molecular complexity index is 466. The van der Waals surface area contributed by atoms with Crippen molar-refractivity contribution in [3.8, 4) is 0 Å². The molecule has 2 fully saturated rings. The first kappa shape index (κ1) is 20.4. The highest BCUT2D eigenvalue weighted by molar-refractivity contribution is 5.73. The Morgan fingerprint density at radius 1 is 1.04 bits per heavy atom. The summed E-state index contributed by atoms with van der Waals surface area (Å²) in [6, 6.07) is -2.43. The summed E-state index contributed by atoms with van der Waals surface area (Å²) in [6.07, 6.45) is -9.67. The molecule has 2 saturated heterocycles. The summed E-state index contributed by atoms with van der Waals surface area (Å²) in [7, 11) is 0. The Kier molecular flexibility index (Phi) is 6.70. The van der Waals surface area contributed by atoms with Crippen LogP contribution in [0.5, 0.6) is 0 Å². The molecule has 2 aliphatic heterocycles. The molecule has 11 heteroatoms. The molecule has 1 radical (unpaired) electrons. The Balaban J connectivity index is 2.31. The van der Waals surface area contributed by atoms with Crippen LogP contribution in [0.2, 0.25) is 0 Å². The zero-order chi connectivity index (χ0) is 18.9. The van der Waals surface area contributed by atoms with E-state index in [2.05, 4.69) is 5.32 Å². The van der Waals surface area contributed by atoms with Gasteiger partial charge < -0.3 is 51.2 Å². The highest BCUT2D eigenvalue weighted by Gasteiger charge is 2.54. The molecule has 0 aromatic carbocycles. The van der Waals surface area contributed by atoms with E-state index in [4.69, 9.17) is 15.2 Å². The van der Waals surface area contributed by atoms with Gasteiger partial charge in [0.15, 0.2) is 0 Å². The lowest BCUT2D eigenvalue weighted by atomic mass is 9.83. The van der Waals surface area contributed by atoms with Gasteiger partial charge in [0.25, 0.3) is 0 Å². The fourth-order valence-corrected chi connectivity index (χ4v) is 3.08. The number of ether oxygens (including phenoxy) is 2. The molecule has 0 saturated carbocycles. The Hall–Kier alpha value is -0.890. The first-order chi connectivity index (χ1) is 11.7. The number of hydrogen-bond donors (Lipinski definition) is 8. The summed E-state index contributed by atoms with van der Waals surface area (Å²) in [6.45, 7) is -0.0606. The maximum atomic E-state index is 11.4. The number of carbonyl (C=O) groups is 1. The number of amides is 1. The lowest BCUT2D eigenvalue weighted by Crippen LogP contribution is -2.70. The number of aliphatic hydroxyl groups excluding tert-OH is 6. The fraction of sp³-hybridized carbons (Fsp3) is 0.857. The van der Waals surface area contributed by atoms with Crippen molar-refractivity contribution in [1.29, 1.82) is 0 Å². The van der Waals surface area contributed by atoms with Gasteiger partial charge in [0.05, 0.1) is 25.3 Å². The van der Waals surface area contributed by atoms with Crippen molar-refractivity contribution in [2.45, 2.75) is 61.7 Å². The van der Waals surface area contributed by atoms with Crippen molar-refractivity contribution in [3.05, 3.63) is 6.10 Å². The van der Waals surface area contributed by atoms with E-state index in [-0.39, 0.29) is 6.10 Å². The standard InChI is InChI=1S/C14H25N2O9/c1-4(19)16-8-12(23)10(21)6(3-18)25-14(8)13-7(15)11(22)9(20)5(2-17)24-13/h5-12,14,17-18,20-23H,2-3,15H2,1H3,(H,16,19)/t5-,6-,7-,8-,9-,10-,11-,12-,14?/m1/s1. The molecule has 145 valence electrons. The Morgan fingerprint density at radius 2 is 1.60 bits per heavy atom. The molecule has 9 N–H and O–H groups in total. The zero-order valence-corrected chi connectivity index (χ0v) is 13.6. The summed E-state index contributed by atoms with van der Waals surface area (Å²) in [5.41, 5.74) is 5.87. The lowest BCUT2D eigenvalue weighted by molar-refractivity contribution is -0.230. The molecule has 1 unspecified atom stereocenters. The molecule has 2 aliphatic rings. The third-order valence-electron chi connectivity index (χ3n) is 4.47. The second-order valence-corrected chi connectivity index (χ2v) is 6.23. The summed E-state index contributed by atoms with van der Waals surface area (Å²) >= 11 is 0. The minimum atomic E-state index is -1.51. The molecule has 1 amide bonds. The fourth-order valence-electron chi connectivity index (χ4n) is 3.08. The van der Waals surface area contributed by atoms with E-state index in [9.17, 15) is 35.4 Å². The smallest absolute Gasteiger partial charge is 0.217 e. The van der Waals surface area contributed by atoms with Crippen LogP contribution in [0.4, 0.5) is 0 Å². The molecule has 2 rings (SSSR count). The highest BCUT2D eigenvalue weighted by Crippen LogP contribution is 2.34. The van der Waals surface area contributed by atoms with E-state index in [1.54, 1.807) is 0 Å².